The highest BCUT2D eigenvalue weighted by Gasteiger charge is 2.26. The summed E-state index contributed by atoms with van der Waals surface area (Å²) in [6.07, 6.45) is 5.16. The van der Waals surface area contributed by atoms with Crippen LogP contribution in [0, 0.1) is 0 Å². The van der Waals surface area contributed by atoms with Crippen molar-refractivity contribution >= 4 is 51.4 Å². The summed E-state index contributed by atoms with van der Waals surface area (Å²) in [5, 5.41) is 0.791. The Morgan fingerprint density at radius 1 is 1.28 bits per heavy atom. The van der Waals surface area contributed by atoms with Crippen LogP contribution in [-0.4, -0.2) is 27.1 Å². The fourth-order valence-corrected chi connectivity index (χ4v) is 4.21. The van der Waals surface area contributed by atoms with Crippen molar-refractivity contribution in [2.45, 2.75) is 13.5 Å². The smallest absolute Gasteiger partial charge is 0.355 e. The fraction of sp³-hybridized carbons (Fsp3) is 0.125. The molecule has 8 heteroatoms. The number of esters is 1. The van der Waals surface area contributed by atoms with Crippen molar-refractivity contribution in [3.63, 3.8) is 0 Å². The number of halogens is 1. The number of aromatic nitrogens is 3. The van der Waals surface area contributed by atoms with Gasteiger partial charge in [-0.1, -0.05) is 28.7 Å². The van der Waals surface area contributed by atoms with Gasteiger partial charge in [0.05, 0.1) is 6.61 Å². The Morgan fingerprint density at radius 2 is 2.12 bits per heavy atom. The van der Waals surface area contributed by atoms with Crippen LogP contribution in [0.3, 0.4) is 0 Å². The van der Waals surface area contributed by atoms with Crippen molar-refractivity contribution in [1.29, 1.82) is 0 Å². The van der Waals surface area contributed by atoms with Crippen molar-refractivity contribution in [3.05, 3.63) is 86.1 Å². The number of nitrogens with two attached hydrogens (primary N) is 1. The van der Waals surface area contributed by atoms with Crippen LogP contribution in [0.4, 0.5) is 5.82 Å². The predicted octanol–water partition coefficient (Wildman–Crippen LogP) is 4.60. The Morgan fingerprint density at radius 3 is 2.84 bits per heavy atom. The maximum atomic E-state index is 13.2. The highest BCUT2D eigenvalue weighted by Crippen LogP contribution is 2.35. The summed E-state index contributed by atoms with van der Waals surface area (Å²) >= 11 is 2.16. The molecular formula is C24H21IN4O3. The fourth-order valence-electron chi connectivity index (χ4n) is 3.79. The quantitative estimate of drug-likeness (QED) is 0.275. The third-order valence-electron chi connectivity index (χ3n) is 5.09. The summed E-state index contributed by atoms with van der Waals surface area (Å²) < 4.78 is 9.21. The van der Waals surface area contributed by atoms with E-state index in [2.05, 4.69) is 32.6 Å². The standard InChI is InChI=1S/C24H21IN4O3/c1-2-32-24(31)22-21(17-4-3-10-28-23(17)30)18-12-15(7-9-25)5-6-19(18)29(22)14-16-8-11-27-20(26)13-16/h3-13H,2,14H2,1H3,(H2,26,27)(H,28,30)/b9-7+. The lowest BCUT2D eigenvalue weighted by Gasteiger charge is -2.12. The highest BCUT2D eigenvalue weighted by molar-refractivity contribution is 14.1. The van der Waals surface area contributed by atoms with Crippen LogP contribution < -0.4 is 11.3 Å². The number of rotatable bonds is 6. The number of hydrogen-bond donors (Lipinski definition) is 2. The molecular weight excluding hydrogens is 519 g/mol. The van der Waals surface area contributed by atoms with E-state index in [0.29, 0.717) is 29.2 Å². The second-order valence-corrected chi connectivity index (χ2v) is 7.82. The zero-order valence-corrected chi connectivity index (χ0v) is 19.5. The van der Waals surface area contributed by atoms with Crippen LogP contribution >= 0.6 is 22.6 Å². The number of benzene rings is 1. The van der Waals surface area contributed by atoms with Crippen LogP contribution in [0.2, 0.25) is 0 Å². The minimum atomic E-state index is -0.491. The molecule has 0 saturated heterocycles. The number of ether oxygens (including phenoxy) is 1. The van der Waals surface area contributed by atoms with Gasteiger partial charge in [0, 0.05) is 41.0 Å². The number of nitrogens with one attached hydrogen (secondary N) is 1. The number of anilines is 1. The van der Waals surface area contributed by atoms with Gasteiger partial charge in [-0.15, -0.1) is 0 Å². The second-order valence-electron chi connectivity index (χ2n) is 7.10. The Balaban J connectivity index is 2.08. The van der Waals surface area contributed by atoms with Crippen LogP contribution in [-0.2, 0) is 11.3 Å². The first kappa shape index (κ1) is 21.8. The molecule has 3 N–H and O–H groups in total. The lowest BCUT2D eigenvalue weighted by Crippen LogP contribution is -2.16. The van der Waals surface area contributed by atoms with E-state index in [0.717, 1.165) is 22.0 Å². The maximum absolute atomic E-state index is 13.2. The molecule has 3 heterocycles. The van der Waals surface area contributed by atoms with Gasteiger partial charge in [-0.3, -0.25) is 4.79 Å². The lowest BCUT2D eigenvalue weighted by atomic mass is 10.0. The van der Waals surface area contributed by atoms with Gasteiger partial charge in [0.25, 0.3) is 5.56 Å². The molecule has 4 rings (SSSR count). The molecule has 0 atom stereocenters. The SMILES string of the molecule is CCOC(=O)c1c(-c2ccc[nH]c2=O)c2cc(/C=C/I)ccc2n1Cc1ccnc(N)c1. The summed E-state index contributed by atoms with van der Waals surface area (Å²) in [4.78, 5) is 32.7. The molecule has 0 aliphatic rings. The molecule has 0 spiro atoms. The largest absolute Gasteiger partial charge is 0.461 e. The number of pyridine rings is 2. The van der Waals surface area contributed by atoms with Gasteiger partial charge < -0.3 is 20.0 Å². The molecule has 0 bridgehead atoms. The molecule has 3 aromatic heterocycles. The molecule has 7 nitrogen and oxygen atoms in total. The average Bonchev–Trinajstić information content (AvgIpc) is 3.08. The van der Waals surface area contributed by atoms with Gasteiger partial charge in [0.15, 0.2) is 0 Å². The third kappa shape index (κ3) is 4.18. The van der Waals surface area contributed by atoms with E-state index in [4.69, 9.17) is 10.5 Å². The van der Waals surface area contributed by atoms with Crippen molar-refractivity contribution in [3.8, 4) is 11.1 Å². The molecule has 4 aromatic rings. The van der Waals surface area contributed by atoms with E-state index in [1.165, 1.54) is 0 Å². The average molecular weight is 540 g/mol. The number of fused-ring (bicyclic) bond motifs is 1. The predicted molar refractivity (Wildman–Crippen MR) is 135 cm³/mol. The number of H-pyrrole nitrogens is 1. The molecule has 1 aromatic carbocycles. The second kappa shape index (κ2) is 9.39. The molecule has 0 saturated carbocycles. The van der Waals surface area contributed by atoms with Crippen molar-refractivity contribution < 1.29 is 9.53 Å². The van der Waals surface area contributed by atoms with Gasteiger partial charge in [0.1, 0.15) is 11.5 Å². The minimum absolute atomic E-state index is 0.218. The Bertz CT molecular complexity index is 1390. The Hall–Kier alpha value is -3.40. The van der Waals surface area contributed by atoms with E-state index in [1.54, 1.807) is 37.5 Å². The van der Waals surface area contributed by atoms with Crippen molar-refractivity contribution in [2.24, 2.45) is 0 Å². The number of carbonyl (C=O) groups excluding carboxylic acids is 1. The lowest BCUT2D eigenvalue weighted by molar-refractivity contribution is 0.0516. The van der Waals surface area contributed by atoms with Crippen molar-refractivity contribution in [1.82, 2.24) is 14.5 Å². The normalized spacial score (nSPS) is 11.3. The Labute approximate surface area is 198 Å². The zero-order chi connectivity index (χ0) is 22.7. The van der Waals surface area contributed by atoms with Crippen LogP contribution in [0.15, 0.2) is 63.7 Å². The van der Waals surface area contributed by atoms with Crippen LogP contribution in [0.5, 0.6) is 0 Å². The summed E-state index contributed by atoms with van der Waals surface area (Å²) in [6.45, 7) is 2.34. The van der Waals surface area contributed by atoms with E-state index in [-0.39, 0.29) is 12.2 Å². The van der Waals surface area contributed by atoms with Gasteiger partial charge in [0.2, 0.25) is 0 Å². The summed E-state index contributed by atoms with van der Waals surface area (Å²) in [7, 11) is 0. The van der Waals surface area contributed by atoms with Gasteiger partial charge in [-0.2, -0.15) is 0 Å². The van der Waals surface area contributed by atoms with E-state index < -0.39 is 5.97 Å². The number of carbonyl (C=O) groups is 1. The highest BCUT2D eigenvalue weighted by atomic mass is 127. The first-order valence-electron chi connectivity index (χ1n) is 10.0. The van der Waals surface area contributed by atoms with Crippen molar-refractivity contribution in [2.75, 3.05) is 12.3 Å². The minimum Gasteiger partial charge on any atom is -0.461 e. The van der Waals surface area contributed by atoms with Crippen LogP contribution in [0.25, 0.3) is 28.1 Å². The number of aromatic amines is 1. The molecule has 32 heavy (non-hydrogen) atoms. The van der Waals surface area contributed by atoms with Gasteiger partial charge in [-0.05, 0) is 64.6 Å². The molecule has 0 radical (unpaired) electrons. The van der Waals surface area contributed by atoms with Gasteiger partial charge in [-0.25, -0.2) is 9.78 Å². The molecule has 162 valence electrons. The number of nitrogen functional groups attached to an aromatic ring is 1. The monoisotopic (exact) mass is 540 g/mol. The van der Waals surface area contributed by atoms with E-state index in [9.17, 15) is 9.59 Å². The zero-order valence-electron chi connectivity index (χ0n) is 17.3. The molecule has 0 fully saturated rings. The molecule has 0 aliphatic heterocycles. The summed E-state index contributed by atoms with van der Waals surface area (Å²) in [6, 6.07) is 13.0. The Kier molecular flexibility index (Phi) is 6.40. The summed E-state index contributed by atoms with van der Waals surface area (Å²) in [5.74, 6) is -0.0965. The van der Waals surface area contributed by atoms with E-state index >= 15 is 0 Å². The van der Waals surface area contributed by atoms with E-state index in [1.807, 2.05) is 39.0 Å². The van der Waals surface area contributed by atoms with Gasteiger partial charge >= 0.3 is 5.97 Å². The first-order chi connectivity index (χ1) is 15.5. The van der Waals surface area contributed by atoms with Crippen LogP contribution in [0.1, 0.15) is 28.5 Å². The molecule has 0 amide bonds. The molecule has 0 unspecified atom stereocenters. The topological polar surface area (TPSA) is 103 Å². The molecule has 0 aliphatic carbocycles. The summed E-state index contributed by atoms with van der Waals surface area (Å²) in [5.41, 5.74) is 9.52. The first-order valence-corrected chi connectivity index (χ1v) is 11.3. The number of hydrogen-bond acceptors (Lipinski definition) is 5. The number of nitrogens with zero attached hydrogens (tertiary/aromatic N) is 2. The third-order valence-corrected chi connectivity index (χ3v) is 5.44. The maximum Gasteiger partial charge on any atom is 0.355 e.